The molecular weight excluding hydrogens is 330 g/mol. The van der Waals surface area contributed by atoms with Crippen LogP contribution in [0.15, 0.2) is 48.7 Å². The second-order valence-electron chi connectivity index (χ2n) is 6.17. The first-order valence-electron chi connectivity index (χ1n) is 8.09. The van der Waals surface area contributed by atoms with Crippen LogP contribution in [0.4, 0.5) is 5.69 Å². The minimum Gasteiger partial charge on any atom is -0.397 e. The van der Waals surface area contributed by atoms with E-state index in [0.717, 1.165) is 22.5 Å². The van der Waals surface area contributed by atoms with Crippen molar-refractivity contribution in [2.75, 3.05) is 5.73 Å². The number of nitrogens with two attached hydrogens (primary N) is 1. The van der Waals surface area contributed by atoms with Crippen LogP contribution < -0.4 is 5.73 Å². The van der Waals surface area contributed by atoms with Gasteiger partial charge in [0.05, 0.1) is 17.6 Å². The number of hydrogen-bond acceptors (Lipinski definition) is 4. The molecule has 2 heterocycles. The fraction of sp³-hybridized carbons (Fsp3) is 0.200. The zero-order valence-electron chi connectivity index (χ0n) is 14.4. The lowest BCUT2D eigenvalue weighted by Crippen LogP contribution is -2.11. The van der Waals surface area contributed by atoms with E-state index in [9.17, 15) is 4.79 Å². The van der Waals surface area contributed by atoms with Gasteiger partial charge in [-0.2, -0.15) is 12.6 Å². The number of nitrogen functional groups attached to an aromatic ring is 1. The molecular formula is C20H21N3OS. The van der Waals surface area contributed by atoms with Crippen molar-refractivity contribution in [3.63, 3.8) is 0 Å². The van der Waals surface area contributed by atoms with E-state index in [1.54, 1.807) is 6.20 Å². The Hall–Kier alpha value is -2.53. The molecule has 0 bridgehead atoms. The number of pyridine rings is 1. The minimum absolute atomic E-state index is 0.0298. The van der Waals surface area contributed by atoms with E-state index >= 15 is 0 Å². The van der Waals surface area contributed by atoms with Crippen molar-refractivity contribution in [1.82, 2.24) is 9.55 Å². The first-order chi connectivity index (χ1) is 12.0. The van der Waals surface area contributed by atoms with Crippen molar-refractivity contribution < 1.29 is 4.79 Å². The molecule has 5 heteroatoms. The summed E-state index contributed by atoms with van der Waals surface area (Å²) in [5.41, 5.74) is 11.8. The molecule has 3 aromatic rings. The molecule has 0 aliphatic heterocycles. The van der Waals surface area contributed by atoms with Gasteiger partial charge >= 0.3 is 0 Å². The SMILES string of the molecule is Cc1cc(Cc2ccc(N)cn2)n(C)c1C(=O)c1ccc(CS)cc1. The first kappa shape index (κ1) is 17.3. The number of ketones is 1. The average molecular weight is 351 g/mol. The molecule has 0 radical (unpaired) electrons. The van der Waals surface area contributed by atoms with Gasteiger partial charge in [0.25, 0.3) is 0 Å². The molecule has 0 spiro atoms. The maximum Gasteiger partial charge on any atom is 0.209 e. The predicted octanol–water partition coefficient (Wildman–Crippen LogP) is 3.56. The molecule has 2 aromatic heterocycles. The van der Waals surface area contributed by atoms with Gasteiger partial charge in [-0.05, 0) is 36.2 Å². The summed E-state index contributed by atoms with van der Waals surface area (Å²) in [4.78, 5) is 17.3. The number of carbonyl (C=O) groups is 1. The zero-order valence-corrected chi connectivity index (χ0v) is 15.3. The smallest absolute Gasteiger partial charge is 0.209 e. The molecule has 3 rings (SSSR count). The van der Waals surface area contributed by atoms with Gasteiger partial charge in [0.15, 0.2) is 0 Å². The Bertz CT molecular complexity index is 896. The normalized spacial score (nSPS) is 10.8. The molecule has 0 unspecified atom stereocenters. The van der Waals surface area contributed by atoms with Crippen molar-refractivity contribution in [1.29, 1.82) is 0 Å². The van der Waals surface area contributed by atoms with Gasteiger partial charge in [0, 0.05) is 36.2 Å². The molecule has 0 amide bonds. The summed E-state index contributed by atoms with van der Waals surface area (Å²) in [7, 11) is 1.93. The van der Waals surface area contributed by atoms with E-state index < -0.39 is 0 Å². The third-order valence-electron chi connectivity index (χ3n) is 4.35. The number of aromatic nitrogens is 2. The fourth-order valence-electron chi connectivity index (χ4n) is 2.95. The molecule has 0 fully saturated rings. The highest BCUT2D eigenvalue weighted by molar-refractivity contribution is 7.79. The maximum absolute atomic E-state index is 12.9. The summed E-state index contributed by atoms with van der Waals surface area (Å²) in [6, 6.07) is 13.4. The highest BCUT2D eigenvalue weighted by Crippen LogP contribution is 2.21. The minimum atomic E-state index is 0.0298. The van der Waals surface area contributed by atoms with Crippen LogP contribution in [0.5, 0.6) is 0 Å². The Morgan fingerprint density at radius 2 is 1.92 bits per heavy atom. The van der Waals surface area contributed by atoms with Crippen molar-refractivity contribution in [3.05, 3.63) is 82.4 Å². The number of nitrogens with zero attached hydrogens (tertiary/aromatic N) is 2. The quantitative estimate of drug-likeness (QED) is 0.546. The molecule has 1 aromatic carbocycles. The topological polar surface area (TPSA) is 60.9 Å². The van der Waals surface area contributed by atoms with Gasteiger partial charge in [0.1, 0.15) is 0 Å². The Labute approximate surface area is 153 Å². The van der Waals surface area contributed by atoms with E-state index in [4.69, 9.17) is 5.73 Å². The number of anilines is 1. The molecule has 128 valence electrons. The number of carbonyl (C=O) groups excluding carboxylic acids is 1. The molecule has 0 saturated carbocycles. The summed E-state index contributed by atoms with van der Waals surface area (Å²) >= 11 is 4.25. The number of benzene rings is 1. The monoisotopic (exact) mass is 351 g/mol. The lowest BCUT2D eigenvalue weighted by molar-refractivity contribution is 0.103. The van der Waals surface area contributed by atoms with Crippen molar-refractivity contribution >= 4 is 24.1 Å². The number of thiol groups is 1. The number of hydrogen-bond donors (Lipinski definition) is 2. The lowest BCUT2D eigenvalue weighted by atomic mass is 10.0. The third kappa shape index (κ3) is 3.61. The van der Waals surface area contributed by atoms with Gasteiger partial charge in [0.2, 0.25) is 5.78 Å². The number of rotatable bonds is 5. The van der Waals surface area contributed by atoms with E-state index in [-0.39, 0.29) is 5.78 Å². The standard InChI is InChI=1S/C20H21N3OS/c1-13-9-18(10-17-8-7-16(21)11-22-17)23(2)19(13)20(24)15-5-3-14(12-25)4-6-15/h3-9,11,25H,10,12,21H2,1-2H3. The summed E-state index contributed by atoms with van der Waals surface area (Å²) in [5.74, 6) is 0.693. The summed E-state index contributed by atoms with van der Waals surface area (Å²) in [6.45, 7) is 1.97. The third-order valence-corrected chi connectivity index (χ3v) is 4.71. The van der Waals surface area contributed by atoms with E-state index in [1.807, 2.05) is 61.0 Å². The van der Waals surface area contributed by atoms with Crippen molar-refractivity contribution in [3.8, 4) is 0 Å². The Kier molecular flexibility index (Phi) is 4.95. The maximum atomic E-state index is 12.9. The van der Waals surface area contributed by atoms with Crippen LogP contribution in [0.1, 0.15) is 38.6 Å². The highest BCUT2D eigenvalue weighted by atomic mass is 32.1. The zero-order chi connectivity index (χ0) is 18.0. The molecule has 2 N–H and O–H groups in total. The molecule has 0 saturated heterocycles. The Morgan fingerprint density at radius 1 is 1.20 bits per heavy atom. The van der Waals surface area contributed by atoms with Crippen LogP contribution in [0.25, 0.3) is 0 Å². The van der Waals surface area contributed by atoms with Crippen LogP contribution in [0, 0.1) is 6.92 Å². The summed E-state index contributed by atoms with van der Waals surface area (Å²) in [6.07, 6.45) is 2.31. The van der Waals surface area contributed by atoms with Crippen molar-refractivity contribution in [2.24, 2.45) is 7.05 Å². The number of aryl methyl sites for hydroxylation is 1. The molecule has 0 aliphatic rings. The van der Waals surface area contributed by atoms with Gasteiger partial charge < -0.3 is 10.3 Å². The van der Waals surface area contributed by atoms with Crippen LogP contribution in [-0.2, 0) is 19.2 Å². The van der Waals surface area contributed by atoms with Crippen LogP contribution >= 0.6 is 12.6 Å². The second kappa shape index (κ2) is 7.15. The Balaban J connectivity index is 1.90. The molecule has 0 atom stereocenters. The predicted molar refractivity (Wildman–Crippen MR) is 104 cm³/mol. The second-order valence-corrected chi connectivity index (χ2v) is 6.49. The van der Waals surface area contributed by atoms with E-state index in [0.29, 0.717) is 29.1 Å². The van der Waals surface area contributed by atoms with Crippen LogP contribution in [0.3, 0.4) is 0 Å². The lowest BCUT2D eigenvalue weighted by Gasteiger charge is -2.08. The van der Waals surface area contributed by atoms with Crippen LogP contribution in [0.2, 0.25) is 0 Å². The van der Waals surface area contributed by atoms with Gasteiger partial charge in [-0.1, -0.05) is 24.3 Å². The molecule has 25 heavy (non-hydrogen) atoms. The largest absolute Gasteiger partial charge is 0.397 e. The Morgan fingerprint density at radius 3 is 2.52 bits per heavy atom. The fourth-order valence-corrected chi connectivity index (χ4v) is 3.16. The van der Waals surface area contributed by atoms with Crippen molar-refractivity contribution in [2.45, 2.75) is 19.1 Å². The summed E-state index contributed by atoms with van der Waals surface area (Å²) in [5, 5.41) is 0. The van der Waals surface area contributed by atoms with Gasteiger partial charge in [-0.25, -0.2) is 0 Å². The van der Waals surface area contributed by atoms with E-state index in [2.05, 4.69) is 17.6 Å². The average Bonchev–Trinajstić information content (AvgIpc) is 2.90. The summed E-state index contributed by atoms with van der Waals surface area (Å²) < 4.78 is 1.96. The van der Waals surface area contributed by atoms with Crippen LogP contribution in [-0.4, -0.2) is 15.3 Å². The van der Waals surface area contributed by atoms with Gasteiger partial charge in [-0.3, -0.25) is 9.78 Å². The highest BCUT2D eigenvalue weighted by Gasteiger charge is 2.18. The molecule has 0 aliphatic carbocycles. The van der Waals surface area contributed by atoms with E-state index in [1.165, 1.54) is 0 Å². The first-order valence-corrected chi connectivity index (χ1v) is 8.73. The molecule has 4 nitrogen and oxygen atoms in total. The van der Waals surface area contributed by atoms with Gasteiger partial charge in [-0.15, -0.1) is 0 Å².